The van der Waals surface area contributed by atoms with E-state index < -0.39 is 10.0 Å². The third-order valence-electron chi connectivity index (χ3n) is 4.48. The number of nitrogen functional groups attached to an aromatic ring is 1. The summed E-state index contributed by atoms with van der Waals surface area (Å²) in [6.07, 6.45) is 2.89. The van der Waals surface area contributed by atoms with E-state index in [9.17, 15) is 8.42 Å². The fourth-order valence-electron chi connectivity index (χ4n) is 2.79. The van der Waals surface area contributed by atoms with Gasteiger partial charge in [0.2, 0.25) is 10.0 Å². The molecule has 0 radical (unpaired) electrons. The Labute approximate surface area is 126 Å². The van der Waals surface area contributed by atoms with Gasteiger partial charge in [-0.3, -0.25) is 0 Å². The minimum atomic E-state index is -3.53. The topological polar surface area (TPSA) is 63.4 Å². The molecule has 1 fully saturated rings. The molecule has 1 aromatic rings. The Morgan fingerprint density at radius 2 is 2.00 bits per heavy atom. The van der Waals surface area contributed by atoms with Crippen LogP contribution >= 0.6 is 11.6 Å². The number of nitrogens with zero attached hydrogens (tertiary/aromatic N) is 1. The average Bonchev–Trinajstić information content (AvgIpc) is 2.84. The van der Waals surface area contributed by atoms with Crippen molar-refractivity contribution >= 4 is 27.3 Å². The first-order valence-electron chi connectivity index (χ1n) is 6.90. The zero-order valence-electron chi connectivity index (χ0n) is 11.9. The van der Waals surface area contributed by atoms with E-state index in [-0.39, 0.29) is 15.3 Å². The fraction of sp³-hybridized carbons (Fsp3) is 0.571. The normalized spacial score (nSPS) is 19.4. The number of halogens is 1. The van der Waals surface area contributed by atoms with Crippen LogP contribution in [0.25, 0.3) is 0 Å². The first-order valence-corrected chi connectivity index (χ1v) is 8.71. The summed E-state index contributed by atoms with van der Waals surface area (Å²) in [5.74, 6) is 0. The van der Waals surface area contributed by atoms with Crippen molar-refractivity contribution in [2.24, 2.45) is 5.41 Å². The van der Waals surface area contributed by atoms with Gasteiger partial charge in [-0.25, -0.2) is 8.42 Å². The molecular weight excluding hydrogens is 296 g/mol. The first kappa shape index (κ1) is 15.6. The summed E-state index contributed by atoms with van der Waals surface area (Å²) in [6, 6.07) is 4.55. The summed E-state index contributed by atoms with van der Waals surface area (Å²) >= 11 is 6.05. The van der Waals surface area contributed by atoms with Crippen molar-refractivity contribution in [1.82, 2.24) is 4.31 Å². The van der Waals surface area contributed by atoms with E-state index in [0.29, 0.717) is 18.8 Å². The van der Waals surface area contributed by atoms with Gasteiger partial charge in [0.15, 0.2) is 0 Å². The summed E-state index contributed by atoms with van der Waals surface area (Å²) in [5, 5.41) is 0.190. The molecule has 0 atom stereocenters. The lowest BCUT2D eigenvalue weighted by atomic mass is 9.82. The molecule has 4 nitrogen and oxygen atoms in total. The first-order chi connectivity index (χ1) is 9.34. The summed E-state index contributed by atoms with van der Waals surface area (Å²) in [7, 11) is -3.53. The lowest BCUT2D eigenvalue weighted by molar-refractivity contribution is 0.279. The Hall–Kier alpha value is -0.780. The molecule has 1 aliphatic heterocycles. The maximum Gasteiger partial charge on any atom is 0.244 e. The Kier molecular flexibility index (Phi) is 4.33. The fourth-order valence-corrected chi connectivity index (χ4v) is 4.87. The molecular formula is C14H21ClN2O2S. The molecule has 6 heteroatoms. The number of anilines is 1. The number of benzene rings is 1. The van der Waals surface area contributed by atoms with Crippen molar-refractivity contribution in [1.29, 1.82) is 0 Å². The summed E-state index contributed by atoms with van der Waals surface area (Å²) in [6.45, 7) is 5.37. The van der Waals surface area contributed by atoms with Gasteiger partial charge in [-0.1, -0.05) is 25.4 Å². The van der Waals surface area contributed by atoms with E-state index in [0.717, 1.165) is 19.3 Å². The molecule has 0 saturated carbocycles. The van der Waals surface area contributed by atoms with Crippen molar-refractivity contribution in [2.75, 3.05) is 18.8 Å². The van der Waals surface area contributed by atoms with Gasteiger partial charge < -0.3 is 5.73 Å². The number of hydrogen-bond donors (Lipinski definition) is 1. The zero-order chi connectivity index (χ0) is 15.0. The lowest BCUT2D eigenvalue weighted by Gasteiger charge is -2.26. The SMILES string of the molecule is CCC1(CC)CCN(S(=O)(=O)c2ccc(N)cc2Cl)C1. The van der Waals surface area contributed by atoms with Crippen molar-refractivity contribution in [2.45, 2.75) is 38.0 Å². The zero-order valence-corrected chi connectivity index (χ0v) is 13.5. The van der Waals surface area contributed by atoms with Gasteiger partial charge in [0.25, 0.3) is 0 Å². The second-order valence-electron chi connectivity index (χ2n) is 5.49. The molecule has 0 aromatic heterocycles. The highest BCUT2D eigenvalue weighted by molar-refractivity contribution is 7.89. The molecule has 0 unspecified atom stereocenters. The summed E-state index contributed by atoms with van der Waals surface area (Å²) in [5.41, 5.74) is 6.19. The predicted octanol–water partition coefficient (Wildman–Crippen LogP) is 3.12. The van der Waals surface area contributed by atoms with Crippen LogP contribution in [0, 0.1) is 5.41 Å². The predicted molar refractivity (Wildman–Crippen MR) is 82.3 cm³/mol. The molecule has 1 heterocycles. The molecule has 112 valence electrons. The molecule has 1 aromatic carbocycles. The van der Waals surface area contributed by atoms with Crippen LogP contribution in [0.4, 0.5) is 5.69 Å². The van der Waals surface area contributed by atoms with Crippen LogP contribution in [0.2, 0.25) is 5.02 Å². The molecule has 0 amide bonds. The van der Waals surface area contributed by atoms with Gasteiger partial charge in [0.05, 0.1) is 5.02 Å². The van der Waals surface area contributed by atoms with Gasteiger partial charge in [-0.05, 0) is 42.9 Å². The molecule has 0 aliphatic carbocycles. The van der Waals surface area contributed by atoms with Gasteiger partial charge in [-0.15, -0.1) is 0 Å². The second-order valence-corrected chi connectivity index (χ2v) is 7.80. The van der Waals surface area contributed by atoms with Crippen LogP contribution in [0.1, 0.15) is 33.1 Å². The Balaban J connectivity index is 2.33. The highest BCUT2D eigenvalue weighted by Crippen LogP contribution is 2.40. The van der Waals surface area contributed by atoms with Crippen molar-refractivity contribution in [3.8, 4) is 0 Å². The Bertz CT molecular complexity index is 597. The van der Waals surface area contributed by atoms with Crippen LogP contribution in [0.5, 0.6) is 0 Å². The van der Waals surface area contributed by atoms with E-state index in [1.807, 2.05) is 0 Å². The van der Waals surface area contributed by atoms with E-state index >= 15 is 0 Å². The van der Waals surface area contributed by atoms with E-state index in [4.69, 9.17) is 17.3 Å². The molecule has 2 N–H and O–H groups in total. The van der Waals surface area contributed by atoms with Gasteiger partial charge in [0, 0.05) is 18.8 Å². The van der Waals surface area contributed by atoms with Gasteiger partial charge >= 0.3 is 0 Å². The third-order valence-corrected chi connectivity index (χ3v) is 6.81. The number of hydrogen-bond acceptors (Lipinski definition) is 3. The Morgan fingerprint density at radius 3 is 2.50 bits per heavy atom. The largest absolute Gasteiger partial charge is 0.399 e. The highest BCUT2D eigenvalue weighted by Gasteiger charge is 2.41. The number of rotatable bonds is 4. The van der Waals surface area contributed by atoms with E-state index in [1.54, 1.807) is 10.4 Å². The van der Waals surface area contributed by atoms with E-state index in [1.165, 1.54) is 12.1 Å². The maximum atomic E-state index is 12.7. The quantitative estimate of drug-likeness (QED) is 0.868. The summed E-state index contributed by atoms with van der Waals surface area (Å²) in [4.78, 5) is 0.149. The molecule has 2 rings (SSSR count). The number of nitrogens with two attached hydrogens (primary N) is 1. The third kappa shape index (κ3) is 2.67. The van der Waals surface area contributed by atoms with Crippen LogP contribution in [0.3, 0.4) is 0 Å². The molecule has 1 aliphatic rings. The Morgan fingerprint density at radius 1 is 1.35 bits per heavy atom. The molecule has 20 heavy (non-hydrogen) atoms. The number of sulfonamides is 1. The van der Waals surface area contributed by atoms with Crippen LogP contribution in [-0.4, -0.2) is 25.8 Å². The smallest absolute Gasteiger partial charge is 0.244 e. The molecule has 0 bridgehead atoms. The lowest BCUT2D eigenvalue weighted by Crippen LogP contribution is -2.32. The standard InChI is InChI=1S/C14H21ClN2O2S/c1-3-14(4-2)7-8-17(10-14)20(18,19)13-6-5-11(16)9-12(13)15/h5-6,9H,3-4,7-8,10,16H2,1-2H3. The van der Waals surface area contributed by atoms with Crippen LogP contribution in [0.15, 0.2) is 23.1 Å². The second kappa shape index (κ2) is 5.54. The molecule has 1 saturated heterocycles. The van der Waals surface area contributed by atoms with Gasteiger partial charge in [-0.2, -0.15) is 4.31 Å². The van der Waals surface area contributed by atoms with Crippen LogP contribution in [-0.2, 0) is 10.0 Å². The maximum absolute atomic E-state index is 12.7. The minimum Gasteiger partial charge on any atom is -0.399 e. The van der Waals surface area contributed by atoms with Crippen LogP contribution < -0.4 is 5.73 Å². The molecule has 0 spiro atoms. The van der Waals surface area contributed by atoms with Crippen molar-refractivity contribution < 1.29 is 8.42 Å². The van der Waals surface area contributed by atoms with E-state index in [2.05, 4.69) is 13.8 Å². The highest BCUT2D eigenvalue weighted by atomic mass is 35.5. The summed E-state index contributed by atoms with van der Waals surface area (Å²) < 4.78 is 26.9. The average molecular weight is 317 g/mol. The van der Waals surface area contributed by atoms with Gasteiger partial charge in [0.1, 0.15) is 4.90 Å². The monoisotopic (exact) mass is 316 g/mol. The van der Waals surface area contributed by atoms with Crippen molar-refractivity contribution in [3.63, 3.8) is 0 Å². The minimum absolute atomic E-state index is 0.105. The van der Waals surface area contributed by atoms with Crippen molar-refractivity contribution in [3.05, 3.63) is 23.2 Å².